The highest BCUT2D eigenvalue weighted by atomic mass is 16.5. The van der Waals surface area contributed by atoms with Gasteiger partial charge in [-0.1, -0.05) is 43.3 Å². The zero-order chi connectivity index (χ0) is 29.1. The number of nitrogens with one attached hydrogen (secondary N) is 4. The Balaban J connectivity index is 1.59. The Morgan fingerprint density at radius 2 is 1.85 bits per heavy atom. The van der Waals surface area contributed by atoms with Crippen molar-refractivity contribution < 1.29 is 24.2 Å². The van der Waals surface area contributed by atoms with Crippen LogP contribution in [0.15, 0.2) is 77.7 Å². The predicted molar refractivity (Wildman–Crippen MR) is 155 cm³/mol. The molecule has 5 N–H and O–H groups in total. The summed E-state index contributed by atoms with van der Waals surface area (Å²) in [6.45, 7) is 4.01. The Morgan fingerprint density at radius 1 is 1.02 bits per heavy atom. The number of hydrogen-bond donors (Lipinski definition) is 5. The molecule has 2 amide bonds. The Hall–Kier alpha value is -5.12. The van der Waals surface area contributed by atoms with E-state index in [4.69, 9.17) is 4.74 Å². The first-order valence-electron chi connectivity index (χ1n) is 13.2. The minimum atomic E-state index is -1.10. The molecular formula is C31H30N4O6. The number of H-pyrrole nitrogens is 1. The van der Waals surface area contributed by atoms with Gasteiger partial charge in [0.25, 0.3) is 5.56 Å². The summed E-state index contributed by atoms with van der Waals surface area (Å²) in [6.07, 6.45) is 0.562. The van der Waals surface area contributed by atoms with Gasteiger partial charge in [0.05, 0.1) is 19.1 Å². The van der Waals surface area contributed by atoms with Gasteiger partial charge in [-0.25, -0.2) is 4.79 Å². The molecule has 1 aromatic heterocycles. The maximum Gasteiger partial charge on any atom is 0.411 e. The number of amides is 2. The SMILES string of the molecule is Cc1cc2ccc1[C@@H](C)COC(=O)Nc1cccc(c1)[C@@H](CC(=O)O)NC(=O)[C@@H]2Nc1ccc2cc[nH]c(=O)c2c1. The average Bonchev–Trinajstić information content (AvgIpc) is 2.94. The van der Waals surface area contributed by atoms with Crippen LogP contribution in [0.3, 0.4) is 0 Å². The number of pyridine rings is 1. The van der Waals surface area contributed by atoms with E-state index in [0.29, 0.717) is 27.9 Å². The van der Waals surface area contributed by atoms with Gasteiger partial charge in [0.1, 0.15) is 6.04 Å². The van der Waals surface area contributed by atoms with E-state index >= 15 is 0 Å². The van der Waals surface area contributed by atoms with E-state index in [0.717, 1.165) is 16.5 Å². The minimum Gasteiger partial charge on any atom is -0.481 e. The number of carbonyl (C=O) groups excluding carboxylic acids is 2. The molecule has 41 heavy (non-hydrogen) atoms. The third kappa shape index (κ3) is 6.22. The lowest BCUT2D eigenvalue weighted by Gasteiger charge is -2.26. The van der Waals surface area contributed by atoms with Gasteiger partial charge in [0.15, 0.2) is 0 Å². The number of carboxylic acids is 1. The molecule has 0 fully saturated rings. The van der Waals surface area contributed by atoms with Crippen molar-refractivity contribution in [3.05, 3.63) is 106 Å². The zero-order valence-corrected chi connectivity index (χ0v) is 22.6. The Kier molecular flexibility index (Phi) is 7.73. The molecule has 10 nitrogen and oxygen atoms in total. The quantitative estimate of drug-likeness (QED) is 0.239. The van der Waals surface area contributed by atoms with Crippen LogP contribution < -0.4 is 21.5 Å². The molecule has 0 saturated carbocycles. The van der Waals surface area contributed by atoms with E-state index in [-0.39, 0.29) is 24.5 Å². The number of benzene rings is 3. The lowest BCUT2D eigenvalue weighted by molar-refractivity contribution is -0.137. The number of carbonyl (C=O) groups is 3. The van der Waals surface area contributed by atoms with Gasteiger partial charge in [-0.15, -0.1) is 0 Å². The molecule has 2 aliphatic rings. The molecule has 4 bridgehead atoms. The van der Waals surface area contributed by atoms with Crippen LogP contribution in [0.1, 0.15) is 53.6 Å². The van der Waals surface area contributed by atoms with Crippen LogP contribution in [0.4, 0.5) is 16.2 Å². The predicted octanol–water partition coefficient (Wildman–Crippen LogP) is 4.99. The summed E-state index contributed by atoms with van der Waals surface area (Å²) in [4.78, 5) is 53.3. The fraction of sp³-hybridized carbons (Fsp3) is 0.226. The van der Waals surface area contributed by atoms with Gasteiger partial charge >= 0.3 is 12.1 Å². The van der Waals surface area contributed by atoms with Crippen molar-refractivity contribution in [2.75, 3.05) is 17.2 Å². The average molecular weight is 555 g/mol. The maximum absolute atomic E-state index is 13.9. The van der Waals surface area contributed by atoms with Crippen molar-refractivity contribution in [3.63, 3.8) is 0 Å². The summed E-state index contributed by atoms with van der Waals surface area (Å²) in [5, 5.41) is 19.7. The van der Waals surface area contributed by atoms with Crippen LogP contribution in [-0.4, -0.2) is 34.7 Å². The molecule has 6 rings (SSSR count). The van der Waals surface area contributed by atoms with Gasteiger partial charge in [0.2, 0.25) is 5.91 Å². The molecule has 10 heteroatoms. The number of aryl methyl sites for hydroxylation is 1. The number of hydrogen-bond acceptors (Lipinski definition) is 6. The van der Waals surface area contributed by atoms with Crippen molar-refractivity contribution >= 4 is 40.1 Å². The van der Waals surface area contributed by atoms with Crippen LogP contribution in [0, 0.1) is 6.92 Å². The fourth-order valence-electron chi connectivity index (χ4n) is 5.13. The van der Waals surface area contributed by atoms with Crippen LogP contribution >= 0.6 is 0 Å². The van der Waals surface area contributed by atoms with Crippen LogP contribution in [-0.2, 0) is 14.3 Å². The summed E-state index contributed by atoms with van der Waals surface area (Å²) >= 11 is 0. The standard InChI is InChI=1S/C31H30N4O6/c1-17-12-21-7-9-24(17)18(2)16-41-31(40)34-22-5-3-4-20(13-22)26(15-27(36)37)35-30(39)28(21)33-23-8-6-19-10-11-32-29(38)25(19)14-23/h3-14,18,26,28,33H,15-16H2,1-2H3,(H,32,38)(H,34,40)(H,35,39)(H,36,37)/t18-,26+,28+/m0/s1. The van der Waals surface area contributed by atoms with E-state index < -0.39 is 30.1 Å². The monoisotopic (exact) mass is 554 g/mol. The largest absolute Gasteiger partial charge is 0.481 e. The second kappa shape index (κ2) is 11.5. The first kappa shape index (κ1) is 27.4. The van der Waals surface area contributed by atoms with Gasteiger partial charge < -0.3 is 25.5 Å². The molecule has 0 aliphatic carbocycles. The maximum atomic E-state index is 13.9. The molecule has 0 spiro atoms. The molecule has 3 heterocycles. The molecule has 0 saturated heterocycles. The van der Waals surface area contributed by atoms with Crippen molar-refractivity contribution in [3.8, 4) is 0 Å². The number of aromatic nitrogens is 1. The highest BCUT2D eigenvalue weighted by molar-refractivity contribution is 5.90. The Labute approximate surface area is 235 Å². The lowest BCUT2D eigenvalue weighted by Crippen LogP contribution is -2.37. The molecule has 210 valence electrons. The molecular weight excluding hydrogens is 524 g/mol. The minimum absolute atomic E-state index is 0.110. The van der Waals surface area contributed by atoms with Crippen LogP contribution in [0.2, 0.25) is 0 Å². The zero-order valence-electron chi connectivity index (χ0n) is 22.6. The molecule has 4 aromatic rings. The van der Waals surface area contributed by atoms with Crippen molar-refractivity contribution in [1.29, 1.82) is 0 Å². The smallest absolute Gasteiger partial charge is 0.411 e. The highest BCUT2D eigenvalue weighted by Gasteiger charge is 2.27. The second-order valence-corrected chi connectivity index (χ2v) is 10.2. The highest BCUT2D eigenvalue weighted by Crippen LogP contribution is 2.29. The first-order valence-corrected chi connectivity index (χ1v) is 13.2. The molecule has 3 aromatic carbocycles. The van der Waals surface area contributed by atoms with E-state index in [9.17, 15) is 24.3 Å². The summed E-state index contributed by atoms with van der Waals surface area (Å²) in [5.74, 6) is -1.67. The number of anilines is 2. The number of carboxylic acid groups (broad SMARTS) is 1. The molecule has 0 unspecified atom stereocenters. The third-order valence-corrected chi connectivity index (χ3v) is 7.20. The summed E-state index contributed by atoms with van der Waals surface area (Å²) in [7, 11) is 0. The van der Waals surface area contributed by atoms with Crippen LogP contribution in [0.5, 0.6) is 0 Å². The molecule has 2 aliphatic heterocycles. The molecule has 3 atom stereocenters. The number of aromatic amines is 1. The van der Waals surface area contributed by atoms with Crippen molar-refractivity contribution in [2.45, 2.75) is 38.3 Å². The number of ether oxygens (including phenoxy) is 1. The summed E-state index contributed by atoms with van der Waals surface area (Å²) in [5.41, 5.74) is 3.70. The van der Waals surface area contributed by atoms with Crippen molar-refractivity contribution in [2.24, 2.45) is 0 Å². The van der Waals surface area contributed by atoms with E-state index in [1.54, 1.807) is 54.7 Å². The third-order valence-electron chi connectivity index (χ3n) is 7.20. The number of rotatable bonds is 4. The second-order valence-electron chi connectivity index (χ2n) is 10.2. The van der Waals surface area contributed by atoms with Crippen LogP contribution in [0.25, 0.3) is 10.8 Å². The fourth-order valence-corrected chi connectivity index (χ4v) is 5.13. The van der Waals surface area contributed by atoms with Gasteiger partial charge in [-0.05, 0) is 64.9 Å². The summed E-state index contributed by atoms with van der Waals surface area (Å²) in [6, 6.07) is 17.5. The Bertz CT molecular complexity index is 1700. The lowest BCUT2D eigenvalue weighted by atomic mass is 9.92. The van der Waals surface area contributed by atoms with Gasteiger partial charge in [-0.3, -0.25) is 19.7 Å². The van der Waals surface area contributed by atoms with E-state index in [1.807, 2.05) is 32.0 Å². The number of aliphatic carboxylic acids is 1. The normalized spacial score (nSPS) is 19.2. The van der Waals surface area contributed by atoms with E-state index in [1.165, 1.54) is 0 Å². The number of fused-ring (bicyclic) bond motifs is 10. The first-order chi connectivity index (χ1) is 19.7. The Morgan fingerprint density at radius 3 is 2.63 bits per heavy atom. The summed E-state index contributed by atoms with van der Waals surface area (Å²) < 4.78 is 5.46. The van der Waals surface area contributed by atoms with Gasteiger partial charge in [0, 0.05) is 28.9 Å². The topological polar surface area (TPSA) is 150 Å². The van der Waals surface area contributed by atoms with E-state index in [2.05, 4.69) is 20.9 Å². The van der Waals surface area contributed by atoms with Gasteiger partial charge in [-0.2, -0.15) is 0 Å². The van der Waals surface area contributed by atoms with Crippen molar-refractivity contribution in [1.82, 2.24) is 10.3 Å². The molecule has 0 radical (unpaired) electrons.